The van der Waals surface area contributed by atoms with Gasteiger partial charge in [0.1, 0.15) is 6.10 Å². The number of nitrogens with zero attached hydrogens (tertiary/aromatic N) is 2. The van der Waals surface area contributed by atoms with Gasteiger partial charge in [0.05, 0.1) is 0 Å². The first kappa shape index (κ1) is 10.1. The molecule has 1 aromatic heterocycles. The fourth-order valence-corrected chi connectivity index (χ4v) is 0.897. The van der Waals surface area contributed by atoms with Gasteiger partial charge in [-0.3, -0.25) is 0 Å². The molecule has 0 bridgehead atoms. The van der Waals surface area contributed by atoms with Crippen LogP contribution in [0, 0.1) is 0 Å². The van der Waals surface area contributed by atoms with Crippen LogP contribution in [0.1, 0.15) is 31.7 Å². The normalized spacial score (nSPS) is 15.7. The summed E-state index contributed by atoms with van der Waals surface area (Å²) in [6, 6.07) is 0.0335. The number of methoxy groups -OCH3 is 1. The van der Waals surface area contributed by atoms with Crippen molar-refractivity contribution < 1.29 is 9.26 Å². The molecule has 1 heterocycles. The second-order valence-corrected chi connectivity index (χ2v) is 3.11. The molecule has 1 aromatic rings. The van der Waals surface area contributed by atoms with E-state index in [-0.39, 0.29) is 12.1 Å². The minimum Gasteiger partial charge on any atom is -0.374 e. The number of hydrogen-bond acceptors (Lipinski definition) is 5. The molecule has 0 radical (unpaired) electrons. The zero-order valence-corrected chi connectivity index (χ0v) is 8.15. The Morgan fingerprint density at radius 1 is 1.54 bits per heavy atom. The minimum atomic E-state index is -0.134. The molecule has 0 aliphatic carbocycles. The first-order valence-electron chi connectivity index (χ1n) is 4.24. The third-order valence-electron chi connectivity index (χ3n) is 1.70. The highest BCUT2D eigenvalue weighted by atomic mass is 16.5. The number of hydrogen-bond donors (Lipinski definition) is 1. The molecule has 0 aliphatic heterocycles. The van der Waals surface area contributed by atoms with Gasteiger partial charge in [-0.05, 0) is 13.8 Å². The number of nitrogens with two attached hydrogens (primary N) is 1. The van der Waals surface area contributed by atoms with Gasteiger partial charge in [0.15, 0.2) is 5.82 Å². The SMILES string of the molecule is COC(C)c1noc(CC(C)N)n1. The molecule has 0 saturated carbocycles. The average Bonchev–Trinajstić information content (AvgIpc) is 2.50. The summed E-state index contributed by atoms with van der Waals surface area (Å²) in [5.74, 6) is 1.13. The van der Waals surface area contributed by atoms with Gasteiger partial charge in [0, 0.05) is 19.6 Å². The van der Waals surface area contributed by atoms with Crippen LogP contribution < -0.4 is 5.73 Å². The molecule has 2 atom stereocenters. The van der Waals surface area contributed by atoms with Gasteiger partial charge in [-0.2, -0.15) is 4.98 Å². The fourth-order valence-electron chi connectivity index (χ4n) is 0.897. The van der Waals surface area contributed by atoms with E-state index in [1.807, 2.05) is 13.8 Å². The van der Waals surface area contributed by atoms with Crippen molar-refractivity contribution in [3.8, 4) is 0 Å². The van der Waals surface area contributed by atoms with Crippen molar-refractivity contribution in [3.63, 3.8) is 0 Å². The molecule has 74 valence electrons. The molecule has 0 saturated heterocycles. The van der Waals surface area contributed by atoms with Crippen LogP contribution in [0.2, 0.25) is 0 Å². The van der Waals surface area contributed by atoms with Crippen molar-refractivity contribution in [2.24, 2.45) is 5.73 Å². The lowest BCUT2D eigenvalue weighted by Gasteiger charge is -2.01. The van der Waals surface area contributed by atoms with Gasteiger partial charge in [0.2, 0.25) is 5.89 Å². The van der Waals surface area contributed by atoms with Crippen molar-refractivity contribution >= 4 is 0 Å². The summed E-state index contributed by atoms with van der Waals surface area (Å²) in [5.41, 5.74) is 5.58. The summed E-state index contributed by atoms with van der Waals surface area (Å²) in [5, 5.41) is 3.77. The number of ether oxygens (including phenoxy) is 1. The Labute approximate surface area is 77.3 Å². The monoisotopic (exact) mass is 185 g/mol. The van der Waals surface area contributed by atoms with E-state index >= 15 is 0 Å². The smallest absolute Gasteiger partial charge is 0.228 e. The summed E-state index contributed by atoms with van der Waals surface area (Å²) in [7, 11) is 1.60. The lowest BCUT2D eigenvalue weighted by Crippen LogP contribution is -2.17. The molecule has 5 heteroatoms. The third-order valence-corrected chi connectivity index (χ3v) is 1.70. The lowest BCUT2D eigenvalue weighted by atomic mass is 10.2. The predicted molar refractivity (Wildman–Crippen MR) is 47.1 cm³/mol. The molecule has 0 aliphatic rings. The van der Waals surface area contributed by atoms with Crippen molar-refractivity contribution in [2.75, 3.05) is 7.11 Å². The van der Waals surface area contributed by atoms with E-state index in [0.29, 0.717) is 18.1 Å². The van der Waals surface area contributed by atoms with Crippen LogP contribution >= 0.6 is 0 Å². The van der Waals surface area contributed by atoms with E-state index in [1.165, 1.54) is 0 Å². The fraction of sp³-hybridized carbons (Fsp3) is 0.750. The van der Waals surface area contributed by atoms with Gasteiger partial charge >= 0.3 is 0 Å². The Kier molecular flexibility index (Phi) is 3.39. The van der Waals surface area contributed by atoms with Crippen molar-refractivity contribution in [3.05, 3.63) is 11.7 Å². The topological polar surface area (TPSA) is 74.2 Å². The van der Waals surface area contributed by atoms with Gasteiger partial charge in [-0.1, -0.05) is 5.16 Å². The van der Waals surface area contributed by atoms with Crippen LogP contribution in [0.4, 0.5) is 0 Å². The summed E-state index contributed by atoms with van der Waals surface area (Å²) < 4.78 is 10.0. The van der Waals surface area contributed by atoms with E-state index in [4.69, 9.17) is 15.0 Å². The molecule has 0 fully saturated rings. The van der Waals surface area contributed by atoms with Crippen molar-refractivity contribution in [1.82, 2.24) is 10.1 Å². The minimum absolute atomic E-state index is 0.0335. The lowest BCUT2D eigenvalue weighted by molar-refractivity contribution is 0.109. The van der Waals surface area contributed by atoms with Crippen LogP contribution in [0.25, 0.3) is 0 Å². The van der Waals surface area contributed by atoms with Gasteiger partial charge in [-0.15, -0.1) is 0 Å². The Morgan fingerprint density at radius 2 is 2.23 bits per heavy atom. The Hall–Kier alpha value is -0.940. The highest BCUT2D eigenvalue weighted by molar-refractivity contribution is 4.91. The van der Waals surface area contributed by atoms with Crippen molar-refractivity contribution in [1.29, 1.82) is 0 Å². The molecule has 1 rings (SSSR count). The maximum atomic E-state index is 5.58. The first-order chi connectivity index (χ1) is 6.13. The molecule has 0 amide bonds. The Bertz CT molecular complexity index is 260. The second-order valence-electron chi connectivity index (χ2n) is 3.11. The molecule has 5 nitrogen and oxygen atoms in total. The van der Waals surface area contributed by atoms with E-state index in [9.17, 15) is 0 Å². The highest BCUT2D eigenvalue weighted by Gasteiger charge is 2.13. The molecule has 2 unspecified atom stereocenters. The predicted octanol–water partition coefficient (Wildman–Crippen LogP) is 0.667. The van der Waals surface area contributed by atoms with E-state index in [1.54, 1.807) is 7.11 Å². The second kappa shape index (κ2) is 4.34. The Morgan fingerprint density at radius 3 is 2.77 bits per heavy atom. The van der Waals surface area contributed by atoms with Crippen LogP contribution in [0.5, 0.6) is 0 Å². The molecular formula is C8H15N3O2. The van der Waals surface area contributed by atoms with Gasteiger partial charge in [-0.25, -0.2) is 0 Å². The van der Waals surface area contributed by atoms with Gasteiger partial charge in [0.25, 0.3) is 0 Å². The Balaban J connectivity index is 2.63. The zero-order chi connectivity index (χ0) is 9.84. The first-order valence-corrected chi connectivity index (χ1v) is 4.24. The summed E-state index contributed by atoms with van der Waals surface area (Å²) in [6.07, 6.45) is 0.467. The summed E-state index contributed by atoms with van der Waals surface area (Å²) in [4.78, 5) is 4.14. The summed E-state index contributed by atoms with van der Waals surface area (Å²) >= 11 is 0. The number of aromatic nitrogens is 2. The molecule has 2 N–H and O–H groups in total. The standard InChI is InChI=1S/C8H15N3O2/c1-5(9)4-7-10-8(11-13-7)6(2)12-3/h5-6H,4,9H2,1-3H3. The van der Waals surface area contributed by atoms with E-state index in [0.717, 1.165) is 0 Å². The average molecular weight is 185 g/mol. The van der Waals surface area contributed by atoms with Crippen LogP contribution in [0.15, 0.2) is 4.52 Å². The van der Waals surface area contributed by atoms with Gasteiger partial charge < -0.3 is 15.0 Å². The maximum Gasteiger partial charge on any atom is 0.228 e. The molecule has 0 aromatic carbocycles. The largest absolute Gasteiger partial charge is 0.374 e. The molecule has 13 heavy (non-hydrogen) atoms. The molecular weight excluding hydrogens is 170 g/mol. The molecule has 0 spiro atoms. The zero-order valence-electron chi connectivity index (χ0n) is 8.15. The van der Waals surface area contributed by atoms with E-state index in [2.05, 4.69) is 10.1 Å². The maximum absolute atomic E-state index is 5.58. The highest BCUT2D eigenvalue weighted by Crippen LogP contribution is 2.11. The number of rotatable bonds is 4. The van der Waals surface area contributed by atoms with E-state index < -0.39 is 0 Å². The van der Waals surface area contributed by atoms with Crippen LogP contribution in [-0.4, -0.2) is 23.3 Å². The third kappa shape index (κ3) is 2.78. The quantitative estimate of drug-likeness (QED) is 0.746. The van der Waals surface area contributed by atoms with Crippen LogP contribution in [-0.2, 0) is 11.2 Å². The van der Waals surface area contributed by atoms with Crippen molar-refractivity contribution in [2.45, 2.75) is 32.4 Å². The van der Waals surface area contributed by atoms with Crippen LogP contribution in [0.3, 0.4) is 0 Å². The summed E-state index contributed by atoms with van der Waals surface area (Å²) in [6.45, 7) is 3.75.